The molecule has 5 aliphatic carbocycles. The summed E-state index contributed by atoms with van der Waals surface area (Å²) in [6.07, 6.45) is -19.3. The fourth-order valence-electron chi connectivity index (χ4n) is 17.7. The van der Waals surface area contributed by atoms with Gasteiger partial charge in [0.1, 0.15) is 59.0 Å². The molecule has 604 valence electrons. The Balaban J connectivity index is 0.735. The van der Waals surface area contributed by atoms with E-state index in [1.54, 1.807) is 54.6 Å². The topological polar surface area (TPSA) is 445 Å². The Bertz CT molecular complexity index is 4990. The first kappa shape index (κ1) is 81.6. The quantitative estimate of drug-likeness (QED) is 0.0174. The first-order chi connectivity index (χ1) is 54.5. The molecule has 9 N–H and O–H groups in total. The van der Waals surface area contributed by atoms with Crippen LogP contribution in [0.2, 0.25) is 0 Å². The van der Waals surface area contributed by atoms with Crippen molar-refractivity contribution in [3.63, 3.8) is 0 Å². The molecule has 6 aromatic rings. The molecule has 2 aliphatic heterocycles. The molecule has 7 aliphatic rings. The number of methoxy groups -OCH3 is 1. The molecule has 2 bridgehead atoms. The summed E-state index contributed by atoms with van der Waals surface area (Å²) < 4.78 is 55.5. The Morgan fingerprint density at radius 3 is 1.90 bits per heavy atom. The van der Waals surface area contributed by atoms with Gasteiger partial charge < -0.3 is 89.2 Å². The van der Waals surface area contributed by atoms with Crippen LogP contribution in [0.3, 0.4) is 0 Å². The van der Waals surface area contributed by atoms with E-state index >= 15 is 4.79 Å². The molecule has 17 atom stereocenters. The lowest BCUT2D eigenvalue weighted by Gasteiger charge is -2.67. The molecule has 0 aromatic heterocycles. The van der Waals surface area contributed by atoms with Gasteiger partial charge in [-0.05, 0) is 99.0 Å². The molecule has 3 amide bonds. The Labute approximate surface area is 658 Å². The second-order valence-electron chi connectivity index (χ2n) is 31.0. The predicted octanol–water partition coefficient (Wildman–Crippen LogP) is 5.92. The van der Waals surface area contributed by atoms with Crippen molar-refractivity contribution in [1.29, 1.82) is 0 Å². The van der Waals surface area contributed by atoms with Crippen LogP contribution in [0.5, 0.6) is 17.2 Å². The number of carbonyl (C=O) groups is 12. The van der Waals surface area contributed by atoms with Crippen molar-refractivity contribution in [2.24, 2.45) is 16.7 Å². The maximum Gasteiger partial charge on any atom is 0.338 e. The highest BCUT2D eigenvalue weighted by Crippen LogP contribution is 2.65. The maximum absolute atomic E-state index is 16.6. The largest absolute Gasteiger partial charge is 0.507 e. The van der Waals surface area contributed by atoms with Crippen LogP contribution in [0, 0.1) is 16.7 Å². The van der Waals surface area contributed by atoms with E-state index in [2.05, 4.69) is 16.0 Å². The molecular formula is C85H87N3O27. The first-order valence-electron chi connectivity index (χ1n) is 37.5. The summed E-state index contributed by atoms with van der Waals surface area (Å²) in [5.41, 5.74) is -12.6. The highest BCUT2D eigenvalue weighted by atomic mass is 16.7. The number of aliphatic hydroxyl groups is 4. The molecule has 115 heavy (non-hydrogen) atoms. The van der Waals surface area contributed by atoms with Gasteiger partial charge in [-0.25, -0.2) is 9.59 Å². The molecular weight excluding hydrogens is 1490 g/mol. The number of phenolic OH excluding ortho intramolecular Hbond substituents is 2. The first-order valence-corrected chi connectivity index (χ1v) is 37.5. The van der Waals surface area contributed by atoms with Crippen LogP contribution in [-0.2, 0) is 73.1 Å². The number of hydrogen-bond acceptors (Lipinski definition) is 27. The number of carbonyl (C=O) groups excluding carboxylic acids is 12. The molecule has 6 aromatic carbocycles. The second kappa shape index (κ2) is 31.4. The van der Waals surface area contributed by atoms with Gasteiger partial charge in [-0.2, -0.15) is 0 Å². The Morgan fingerprint density at radius 1 is 0.670 bits per heavy atom. The number of rotatable bonds is 21. The minimum Gasteiger partial charge on any atom is -0.507 e. The maximum atomic E-state index is 16.6. The number of aliphatic hydroxyl groups excluding tert-OH is 2. The smallest absolute Gasteiger partial charge is 0.338 e. The third-order valence-electron chi connectivity index (χ3n) is 23.8. The van der Waals surface area contributed by atoms with Crippen LogP contribution in [-0.4, -0.2) is 200 Å². The van der Waals surface area contributed by atoms with E-state index in [0.717, 1.165) is 20.8 Å². The number of hydrogen-bond donors (Lipinski definition) is 9. The van der Waals surface area contributed by atoms with Crippen LogP contribution in [0.25, 0.3) is 0 Å². The number of benzene rings is 6. The summed E-state index contributed by atoms with van der Waals surface area (Å²) >= 11 is 0. The average Bonchev–Trinajstić information content (AvgIpc) is 0.666. The molecule has 2 heterocycles. The van der Waals surface area contributed by atoms with Crippen molar-refractivity contribution < 1.29 is 131 Å². The number of nitrogens with one attached hydrogen (secondary N) is 3. The number of ether oxygens (including phenoxy) is 9. The molecule has 30 heteroatoms. The summed E-state index contributed by atoms with van der Waals surface area (Å²) in [5, 5.41) is 81.6. The van der Waals surface area contributed by atoms with Gasteiger partial charge in [0.15, 0.2) is 41.4 Å². The lowest BCUT2D eigenvalue weighted by atomic mass is 9.44. The molecule has 30 nitrogen and oxygen atoms in total. The van der Waals surface area contributed by atoms with E-state index in [1.807, 2.05) is 0 Å². The van der Waals surface area contributed by atoms with Gasteiger partial charge in [0.05, 0.1) is 78.0 Å². The van der Waals surface area contributed by atoms with Crippen molar-refractivity contribution in [2.75, 3.05) is 20.3 Å². The Kier molecular flexibility index (Phi) is 22.3. The normalized spacial score (nSPS) is 28.7. The van der Waals surface area contributed by atoms with Crippen molar-refractivity contribution in [2.45, 2.75) is 184 Å². The number of phenols is 2. The lowest BCUT2D eigenvalue weighted by molar-refractivity contribution is -0.346. The van der Waals surface area contributed by atoms with Crippen LogP contribution in [0.15, 0.2) is 145 Å². The SMILES string of the molecule is COc1cccc2c1C(=O)c1c(O)c3c(c(O)c1C2=O)C[C@@](O)(C(C)=O)C[C@@H]3OC1CC(NC(=O)c2ccc(C(=O)NCCC(=O)O[C@@H]3C[C@@H]4OC[C@]4(OC(C)=O)C4[C@@H](OC(=O)c5ccccc5)[C@@]5(O)C[C@@H](OC(=O)[C@@H](O)[C@H](NC(=O)c6ccccc6)c6ccccc6)C(C)=C([C@H](OC(C)=O)C(=O)[C@]43C)C5(C)C)cc2)C(O)C(C)O1. The monoisotopic (exact) mass is 1580 g/mol. The van der Waals surface area contributed by atoms with E-state index < -0.39 is 245 Å². The van der Waals surface area contributed by atoms with Crippen molar-refractivity contribution in [3.8, 4) is 17.2 Å². The molecule has 0 radical (unpaired) electrons. The summed E-state index contributed by atoms with van der Waals surface area (Å²) in [6, 6.07) is 30.5. The molecule has 13 rings (SSSR count). The standard InChI is InChI=1S/C85H87N3O27/c1-40-54(112-80(104)71(98)65(45-20-13-10-14-21-45)88-78(102)46-22-15-11-16-23-46)38-85(106)75(114-79(103)49-24-17-12-18-25-49)73-82(8,74(99)72(110-43(4)90)64(40)81(85,6)7)56(35-57-84(73,39-108-57)115-44(5)91)113-58(92)32-33-86-76(100)47-28-30-48(31-29-47)77(101)87-52-34-59(109-41(2)66(52)93)111-55-37-83(105,42(3)89)36-51-61(55)70(97)63-62(68(51)95)67(94)50-26-19-27-53(107-9)60(50)69(63)96/h10-31,41,52,54-57,59,65-66,71-73,75,93,95,97-98,105-106H,32-39H2,1-9H3,(H,86,100)(H,87,101)(H,88,102)/t41?,52?,54-,55+,56-,57+,59?,65-,66?,71+,72+,73?,75-,82+,83+,84-,85+/m1/s1. The fraction of sp³-hybridized carbons (Fsp3) is 0.412. The number of Topliss-reactive ketones (excluding diaryl/α,β-unsaturated/α-hetero) is 2. The molecule has 2 saturated carbocycles. The lowest BCUT2D eigenvalue weighted by Crippen LogP contribution is -2.82. The van der Waals surface area contributed by atoms with E-state index in [9.17, 15) is 83.4 Å². The van der Waals surface area contributed by atoms with Crippen LogP contribution < -0.4 is 20.7 Å². The van der Waals surface area contributed by atoms with Gasteiger partial charge in [0, 0.05) is 91.3 Å². The zero-order valence-electron chi connectivity index (χ0n) is 64.1. The van der Waals surface area contributed by atoms with Crippen molar-refractivity contribution in [3.05, 3.63) is 206 Å². The minimum absolute atomic E-state index is 0.00597. The zero-order valence-corrected chi connectivity index (χ0v) is 64.1. The van der Waals surface area contributed by atoms with E-state index in [0.29, 0.717) is 0 Å². The summed E-state index contributed by atoms with van der Waals surface area (Å²) in [4.78, 5) is 171. The highest BCUT2D eigenvalue weighted by Gasteiger charge is 2.79. The Morgan fingerprint density at radius 2 is 1.29 bits per heavy atom. The van der Waals surface area contributed by atoms with Crippen molar-refractivity contribution >= 4 is 70.7 Å². The fourth-order valence-corrected chi connectivity index (χ4v) is 17.7. The van der Waals surface area contributed by atoms with Crippen molar-refractivity contribution in [1.82, 2.24) is 16.0 Å². The number of amides is 3. The van der Waals surface area contributed by atoms with Gasteiger partial charge in [-0.15, -0.1) is 0 Å². The third kappa shape index (κ3) is 14.5. The summed E-state index contributed by atoms with van der Waals surface area (Å²) in [7, 11) is 1.28. The third-order valence-corrected chi connectivity index (χ3v) is 23.8. The second-order valence-corrected chi connectivity index (χ2v) is 31.0. The zero-order chi connectivity index (χ0) is 82.9. The molecule has 2 saturated heterocycles. The number of aromatic hydroxyl groups is 2. The molecule has 4 fully saturated rings. The number of esters is 5. The number of ketones is 4. The minimum atomic E-state index is -2.62. The van der Waals surface area contributed by atoms with E-state index in [-0.39, 0.29) is 73.4 Å². The molecule has 0 spiro atoms. The van der Waals surface area contributed by atoms with Gasteiger partial charge in [-0.1, -0.05) is 92.7 Å². The Hall–Kier alpha value is -11.4. The molecule has 5 unspecified atom stereocenters. The van der Waals surface area contributed by atoms with Crippen LogP contribution in [0.1, 0.15) is 190 Å². The van der Waals surface area contributed by atoms with Gasteiger partial charge >= 0.3 is 29.8 Å². The summed E-state index contributed by atoms with van der Waals surface area (Å²) in [6.45, 7) is 9.55. The predicted molar refractivity (Wildman–Crippen MR) is 399 cm³/mol. The van der Waals surface area contributed by atoms with Gasteiger partial charge in [-0.3, -0.25) is 47.9 Å². The van der Waals surface area contributed by atoms with Gasteiger partial charge in [0.2, 0.25) is 5.78 Å². The average molecular weight is 1580 g/mol. The highest BCUT2D eigenvalue weighted by molar-refractivity contribution is 6.31. The number of fused-ring (bicyclic) bond motifs is 8. The van der Waals surface area contributed by atoms with Crippen LogP contribution in [0.4, 0.5) is 0 Å². The van der Waals surface area contributed by atoms with E-state index in [4.69, 9.17) is 42.6 Å². The summed E-state index contributed by atoms with van der Waals surface area (Å²) in [5.74, 6) is -14.3. The van der Waals surface area contributed by atoms with Crippen LogP contribution >= 0.6 is 0 Å². The van der Waals surface area contributed by atoms with E-state index in [1.165, 1.54) is 121 Å². The van der Waals surface area contributed by atoms with Gasteiger partial charge in [0.25, 0.3) is 17.7 Å².